The Labute approximate surface area is 142 Å². The normalized spacial score (nSPS) is 11.5. The number of aryl methyl sites for hydroxylation is 1. The number of para-hydroxylation sites is 2. The van der Waals surface area contributed by atoms with Gasteiger partial charge in [-0.25, -0.2) is 0 Å². The van der Waals surface area contributed by atoms with Gasteiger partial charge in [0.1, 0.15) is 5.75 Å². The summed E-state index contributed by atoms with van der Waals surface area (Å²) in [6.07, 6.45) is 0. The monoisotopic (exact) mass is 326 g/mol. The van der Waals surface area contributed by atoms with Gasteiger partial charge in [0.25, 0.3) is 0 Å². The minimum Gasteiger partial charge on any atom is -0.495 e. The van der Waals surface area contributed by atoms with Crippen LogP contribution in [0.15, 0.2) is 48.5 Å². The maximum atomic E-state index is 12.0. The average Bonchev–Trinajstić information content (AvgIpc) is 2.59. The van der Waals surface area contributed by atoms with Crippen LogP contribution in [0.4, 0.5) is 5.69 Å². The van der Waals surface area contributed by atoms with E-state index < -0.39 is 11.8 Å². The second-order valence-corrected chi connectivity index (χ2v) is 5.68. The summed E-state index contributed by atoms with van der Waals surface area (Å²) < 4.78 is 5.15. The van der Waals surface area contributed by atoms with Gasteiger partial charge in [-0.05, 0) is 30.5 Å². The van der Waals surface area contributed by atoms with Crippen molar-refractivity contribution in [2.75, 3.05) is 19.0 Å². The fraction of sp³-hybridized carbons (Fsp3) is 0.263. The molecule has 0 spiro atoms. The zero-order valence-corrected chi connectivity index (χ0v) is 14.1. The Morgan fingerprint density at radius 2 is 1.83 bits per heavy atom. The molecule has 1 atom stereocenters. The van der Waals surface area contributed by atoms with Crippen molar-refractivity contribution in [1.29, 1.82) is 0 Å². The summed E-state index contributed by atoms with van der Waals surface area (Å²) in [5.74, 6) is -0.754. The Morgan fingerprint density at radius 1 is 1.08 bits per heavy atom. The van der Waals surface area contributed by atoms with Crippen molar-refractivity contribution in [3.05, 3.63) is 59.7 Å². The molecule has 0 fully saturated rings. The Hall–Kier alpha value is -2.82. The van der Waals surface area contributed by atoms with Crippen LogP contribution in [0.3, 0.4) is 0 Å². The third-order valence-corrected chi connectivity index (χ3v) is 3.74. The number of hydrogen-bond acceptors (Lipinski definition) is 3. The van der Waals surface area contributed by atoms with Gasteiger partial charge >= 0.3 is 11.8 Å². The van der Waals surface area contributed by atoms with E-state index in [1.807, 2.05) is 32.0 Å². The van der Waals surface area contributed by atoms with Crippen LogP contribution in [0.25, 0.3) is 0 Å². The van der Waals surface area contributed by atoms with Crippen molar-refractivity contribution in [2.45, 2.75) is 19.8 Å². The minimum absolute atomic E-state index is 0.118. The molecule has 2 rings (SSSR count). The molecular weight excluding hydrogens is 304 g/mol. The summed E-state index contributed by atoms with van der Waals surface area (Å²) in [7, 11) is 1.51. The summed E-state index contributed by atoms with van der Waals surface area (Å²) in [6.45, 7) is 4.42. The Morgan fingerprint density at radius 3 is 2.54 bits per heavy atom. The van der Waals surface area contributed by atoms with E-state index in [0.717, 1.165) is 5.56 Å². The number of benzene rings is 2. The van der Waals surface area contributed by atoms with Crippen molar-refractivity contribution >= 4 is 17.5 Å². The first-order chi connectivity index (χ1) is 11.5. The molecule has 2 N–H and O–H groups in total. The summed E-state index contributed by atoms with van der Waals surface area (Å²) >= 11 is 0. The van der Waals surface area contributed by atoms with E-state index in [4.69, 9.17) is 4.74 Å². The summed E-state index contributed by atoms with van der Waals surface area (Å²) in [4.78, 5) is 24.0. The molecule has 0 aromatic heterocycles. The molecule has 0 aliphatic rings. The fourth-order valence-electron chi connectivity index (χ4n) is 2.35. The quantitative estimate of drug-likeness (QED) is 0.830. The topological polar surface area (TPSA) is 67.4 Å². The lowest BCUT2D eigenvalue weighted by molar-refractivity contribution is -0.136. The standard InChI is InChI=1S/C19H22N2O3/c1-13-7-6-8-15(11-13)14(2)12-20-18(22)19(23)21-16-9-4-5-10-17(16)24-3/h4-11,14H,12H2,1-3H3,(H,20,22)(H,21,23)/t14-/m0/s1. The molecule has 0 saturated carbocycles. The molecule has 126 valence electrons. The van der Waals surface area contributed by atoms with Crippen LogP contribution in [-0.2, 0) is 9.59 Å². The third kappa shape index (κ3) is 4.59. The second kappa shape index (κ2) is 8.15. The number of anilines is 1. The van der Waals surface area contributed by atoms with Crippen molar-refractivity contribution in [2.24, 2.45) is 0 Å². The van der Waals surface area contributed by atoms with Gasteiger partial charge in [0.05, 0.1) is 12.8 Å². The molecule has 0 saturated heterocycles. The van der Waals surface area contributed by atoms with Crippen LogP contribution in [0.1, 0.15) is 24.0 Å². The van der Waals surface area contributed by atoms with Crippen LogP contribution >= 0.6 is 0 Å². The van der Waals surface area contributed by atoms with E-state index >= 15 is 0 Å². The van der Waals surface area contributed by atoms with Crippen LogP contribution in [0, 0.1) is 6.92 Å². The molecule has 0 aliphatic carbocycles. The van der Waals surface area contributed by atoms with E-state index in [1.54, 1.807) is 24.3 Å². The van der Waals surface area contributed by atoms with Crippen molar-refractivity contribution in [1.82, 2.24) is 5.32 Å². The highest BCUT2D eigenvalue weighted by atomic mass is 16.5. The molecule has 2 aromatic rings. The van der Waals surface area contributed by atoms with E-state index in [0.29, 0.717) is 18.0 Å². The van der Waals surface area contributed by atoms with Gasteiger partial charge < -0.3 is 15.4 Å². The molecule has 0 radical (unpaired) electrons. The Balaban J connectivity index is 1.91. The highest BCUT2D eigenvalue weighted by Gasteiger charge is 2.16. The van der Waals surface area contributed by atoms with E-state index in [1.165, 1.54) is 12.7 Å². The van der Waals surface area contributed by atoms with Gasteiger partial charge in [-0.15, -0.1) is 0 Å². The number of rotatable bonds is 5. The van der Waals surface area contributed by atoms with Gasteiger partial charge in [-0.3, -0.25) is 9.59 Å². The third-order valence-electron chi connectivity index (χ3n) is 3.74. The number of ether oxygens (including phenoxy) is 1. The lowest BCUT2D eigenvalue weighted by Gasteiger charge is -2.14. The highest BCUT2D eigenvalue weighted by molar-refractivity contribution is 6.39. The number of carbonyl (C=O) groups excluding carboxylic acids is 2. The molecule has 2 amide bonds. The number of methoxy groups -OCH3 is 1. The van der Waals surface area contributed by atoms with E-state index in [-0.39, 0.29) is 5.92 Å². The largest absolute Gasteiger partial charge is 0.495 e. The maximum Gasteiger partial charge on any atom is 0.313 e. The van der Waals surface area contributed by atoms with Crippen LogP contribution in [0.5, 0.6) is 5.75 Å². The van der Waals surface area contributed by atoms with Gasteiger partial charge in [0.15, 0.2) is 0 Å². The summed E-state index contributed by atoms with van der Waals surface area (Å²) in [5.41, 5.74) is 2.76. The van der Waals surface area contributed by atoms with Crippen LogP contribution in [-0.4, -0.2) is 25.5 Å². The smallest absolute Gasteiger partial charge is 0.313 e. The molecule has 5 nitrogen and oxygen atoms in total. The number of hydrogen-bond donors (Lipinski definition) is 2. The minimum atomic E-state index is -0.712. The fourth-order valence-corrected chi connectivity index (χ4v) is 2.35. The summed E-state index contributed by atoms with van der Waals surface area (Å²) in [6, 6.07) is 15.0. The lowest BCUT2D eigenvalue weighted by atomic mass is 9.99. The number of nitrogens with one attached hydrogen (secondary N) is 2. The zero-order valence-electron chi connectivity index (χ0n) is 14.1. The van der Waals surface area contributed by atoms with Crippen molar-refractivity contribution in [3.8, 4) is 5.75 Å². The Kier molecular flexibility index (Phi) is 5.95. The first kappa shape index (κ1) is 17.5. The predicted octanol–water partition coefficient (Wildman–Crippen LogP) is 2.86. The maximum absolute atomic E-state index is 12.0. The SMILES string of the molecule is COc1ccccc1NC(=O)C(=O)NC[C@H](C)c1cccc(C)c1. The van der Waals surface area contributed by atoms with E-state index in [9.17, 15) is 9.59 Å². The molecule has 24 heavy (non-hydrogen) atoms. The molecule has 0 unspecified atom stereocenters. The average molecular weight is 326 g/mol. The van der Waals surface area contributed by atoms with Gasteiger partial charge in [0, 0.05) is 6.54 Å². The second-order valence-electron chi connectivity index (χ2n) is 5.68. The molecular formula is C19H22N2O3. The first-order valence-corrected chi connectivity index (χ1v) is 7.80. The summed E-state index contributed by atoms with van der Waals surface area (Å²) in [5, 5.41) is 5.22. The van der Waals surface area contributed by atoms with Crippen molar-refractivity contribution < 1.29 is 14.3 Å². The van der Waals surface area contributed by atoms with E-state index in [2.05, 4.69) is 16.7 Å². The number of amides is 2. The van der Waals surface area contributed by atoms with Gasteiger partial charge in [-0.1, -0.05) is 48.9 Å². The van der Waals surface area contributed by atoms with Gasteiger partial charge in [0.2, 0.25) is 0 Å². The predicted molar refractivity (Wildman–Crippen MR) is 94.2 cm³/mol. The molecule has 0 heterocycles. The Bertz CT molecular complexity index is 728. The van der Waals surface area contributed by atoms with Crippen LogP contribution in [0.2, 0.25) is 0 Å². The van der Waals surface area contributed by atoms with Gasteiger partial charge in [-0.2, -0.15) is 0 Å². The molecule has 5 heteroatoms. The molecule has 0 bridgehead atoms. The number of carbonyl (C=O) groups is 2. The van der Waals surface area contributed by atoms with Crippen molar-refractivity contribution in [3.63, 3.8) is 0 Å². The zero-order chi connectivity index (χ0) is 17.5. The first-order valence-electron chi connectivity index (χ1n) is 7.80. The van der Waals surface area contributed by atoms with Crippen LogP contribution < -0.4 is 15.4 Å². The molecule has 2 aromatic carbocycles. The lowest BCUT2D eigenvalue weighted by Crippen LogP contribution is -2.37. The highest BCUT2D eigenvalue weighted by Crippen LogP contribution is 2.22. The molecule has 0 aliphatic heterocycles.